The van der Waals surface area contributed by atoms with Gasteiger partial charge in [0, 0.05) is 29.7 Å². The minimum absolute atomic E-state index is 0.369. The summed E-state index contributed by atoms with van der Waals surface area (Å²) in [6, 6.07) is 10.8. The third-order valence-corrected chi connectivity index (χ3v) is 4.41. The molecule has 1 aliphatic carbocycles. The average molecular weight is 335 g/mol. The van der Waals surface area contributed by atoms with E-state index in [1.165, 1.54) is 11.6 Å². The molecule has 0 bridgehead atoms. The molecule has 3 aromatic rings. The lowest BCUT2D eigenvalue weighted by molar-refractivity contribution is 0.288. The van der Waals surface area contributed by atoms with E-state index < -0.39 is 5.95 Å². The molecule has 0 fully saturated rings. The number of hydrogen-bond donors (Lipinski definition) is 0. The van der Waals surface area contributed by atoms with E-state index >= 15 is 0 Å². The number of halogens is 1. The van der Waals surface area contributed by atoms with E-state index in [1.807, 2.05) is 24.3 Å². The van der Waals surface area contributed by atoms with Gasteiger partial charge in [0.2, 0.25) is 11.8 Å². The zero-order valence-electron chi connectivity index (χ0n) is 13.8. The number of ether oxygens (including phenoxy) is 1. The molecule has 4 rings (SSSR count). The second-order valence-electron chi connectivity index (χ2n) is 6.12. The van der Waals surface area contributed by atoms with Gasteiger partial charge in [-0.25, -0.2) is 9.97 Å². The van der Waals surface area contributed by atoms with Crippen molar-refractivity contribution in [3.63, 3.8) is 0 Å². The monoisotopic (exact) mass is 335 g/mol. The third kappa shape index (κ3) is 3.50. The van der Waals surface area contributed by atoms with Gasteiger partial charge in [0.05, 0.1) is 5.69 Å². The molecule has 3 heterocycles. The van der Waals surface area contributed by atoms with Crippen molar-refractivity contribution in [2.45, 2.75) is 32.3 Å². The fourth-order valence-electron chi connectivity index (χ4n) is 3.18. The molecule has 0 saturated carbocycles. The topological polar surface area (TPSA) is 47.9 Å². The minimum atomic E-state index is -0.474. The van der Waals surface area contributed by atoms with Crippen LogP contribution in [-0.4, -0.2) is 15.0 Å². The van der Waals surface area contributed by atoms with Crippen molar-refractivity contribution >= 4 is 0 Å². The Morgan fingerprint density at radius 2 is 1.96 bits per heavy atom. The van der Waals surface area contributed by atoms with E-state index in [4.69, 9.17) is 4.74 Å². The fraction of sp³-hybridized carbons (Fsp3) is 0.250. The first kappa shape index (κ1) is 15.7. The van der Waals surface area contributed by atoms with Crippen molar-refractivity contribution in [2.24, 2.45) is 0 Å². The normalized spacial score (nSPS) is 13.3. The summed E-state index contributed by atoms with van der Waals surface area (Å²) >= 11 is 0. The second-order valence-corrected chi connectivity index (χ2v) is 6.12. The Kier molecular flexibility index (Phi) is 4.37. The summed E-state index contributed by atoms with van der Waals surface area (Å²) in [4.78, 5) is 12.7. The fourth-order valence-corrected chi connectivity index (χ4v) is 3.18. The molecular weight excluding hydrogens is 317 g/mol. The van der Waals surface area contributed by atoms with Crippen LogP contribution in [0, 0.1) is 5.95 Å². The SMILES string of the molecule is Fc1ccc(-c2cc(OCc3ccccn3)nc3c2CCCC3)cn1. The van der Waals surface area contributed by atoms with E-state index in [1.54, 1.807) is 18.5 Å². The van der Waals surface area contributed by atoms with Crippen molar-refractivity contribution < 1.29 is 9.13 Å². The smallest absolute Gasteiger partial charge is 0.214 e. The zero-order valence-corrected chi connectivity index (χ0v) is 13.8. The molecule has 4 nitrogen and oxygen atoms in total. The maximum atomic E-state index is 13.2. The number of aromatic nitrogens is 3. The molecule has 0 spiro atoms. The largest absolute Gasteiger partial charge is 0.471 e. The summed E-state index contributed by atoms with van der Waals surface area (Å²) in [6.45, 7) is 0.369. The highest BCUT2D eigenvalue weighted by Gasteiger charge is 2.18. The predicted molar refractivity (Wildman–Crippen MR) is 92.6 cm³/mol. The molecule has 1 aliphatic rings. The van der Waals surface area contributed by atoms with Gasteiger partial charge < -0.3 is 4.74 Å². The van der Waals surface area contributed by atoms with Gasteiger partial charge in [0.1, 0.15) is 6.61 Å². The Hall–Kier alpha value is -2.82. The van der Waals surface area contributed by atoms with Crippen LogP contribution in [0.5, 0.6) is 5.88 Å². The number of aryl methyl sites for hydroxylation is 1. The quantitative estimate of drug-likeness (QED) is 0.673. The molecule has 0 radical (unpaired) electrons. The first-order valence-electron chi connectivity index (χ1n) is 8.47. The van der Waals surface area contributed by atoms with Crippen LogP contribution in [0.25, 0.3) is 11.1 Å². The van der Waals surface area contributed by atoms with E-state index in [-0.39, 0.29) is 0 Å². The molecule has 0 aliphatic heterocycles. The van der Waals surface area contributed by atoms with Crippen molar-refractivity contribution in [2.75, 3.05) is 0 Å². The zero-order chi connectivity index (χ0) is 17.1. The predicted octanol–water partition coefficient (Wildman–Crippen LogP) is 4.14. The van der Waals surface area contributed by atoms with Crippen LogP contribution >= 0.6 is 0 Å². The molecule has 3 aromatic heterocycles. The van der Waals surface area contributed by atoms with Crippen LogP contribution in [0.1, 0.15) is 29.8 Å². The Morgan fingerprint density at radius 1 is 1.04 bits per heavy atom. The van der Waals surface area contributed by atoms with Crippen LogP contribution in [0.3, 0.4) is 0 Å². The Bertz CT molecular complexity index is 866. The van der Waals surface area contributed by atoms with Gasteiger partial charge in [-0.2, -0.15) is 4.39 Å². The number of rotatable bonds is 4. The van der Waals surface area contributed by atoms with Gasteiger partial charge in [0.25, 0.3) is 0 Å². The summed E-state index contributed by atoms with van der Waals surface area (Å²) in [5, 5.41) is 0. The van der Waals surface area contributed by atoms with E-state index in [2.05, 4.69) is 15.0 Å². The van der Waals surface area contributed by atoms with Crippen LogP contribution < -0.4 is 4.74 Å². The average Bonchev–Trinajstić information content (AvgIpc) is 2.67. The summed E-state index contributed by atoms with van der Waals surface area (Å²) in [6.07, 6.45) is 7.51. The summed E-state index contributed by atoms with van der Waals surface area (Å²) in [5.41, 5.74) is 5.08. The standard InChI is InChI=1S/C20H18FN3O/c21-19-9-8-14(12-23-19)17-11-20(24-18-7-2-1-6-16(17)18)25-13-15-5-3-4-10-22-15/h3-5,8-12H,1-2,6-7,13H2. The lowest BCUT2D eigenvalue weighted by Gasteiger charge is -2.20. The molecule has 0 saturated heterocycles. The maximum Gasteiger partial charge on any atom is 0.214 e. The van der Waals surface area contributed by atoms with Crippen LogP contribution in [0.4, 0.5) is 4.39 Å². The Labute approximate surface area is 145 Å². The van der Waals surface area contributed by atoms with Crippen molar-refractivity contribution in [3.05, 3.63) is 71.7 Å². The molecule has 0 atom stereocenters. The highest BCUT2D eigenvalue weighted by atomic mass is 19.1. The summed E-state index contributed by atoms with van der Waals surface area (Å²) in [5.74, 6) is 0.101. The lowest BCUT2D eigenvalue weighted by Crippen LogP contribution is -2.09. The number of pyridine rings is 3. The highest BCUT2D eigenvalue weighted by Crippen LogP contribution is 2.33. The van der Waals surface area contributed by atoms with Gasteiger partial charge in [-0.1, -0.05) is 6.07 Å². The van der Waals surface area contributed by atoms with Crippen molar-refractivity contribution in [1.29, 1.82) is 0 Å². The van der Waals surface area contributed by atoms with Gasteiger partial charge in [-0.3, -0.25) is 4.98 Å². The van der Waals surface area contributed by atoms with Gasteiger partial charge in [0.15, 0.2) is 0 Å². The second kappa shape index (κ2) is 6.97. The number of fused-ring (bicyclic) bond motifs is 1. The van der Waals surface area contributed by atoms with E-state index in [0.717, 1.165) is 48.2 Å². The molecular formula is C20H18FN3O. The van der Waals surface area contributed by atoms with Crippen LogP contribution in [0.2, 0.25) is 0 Å². The third-order valence-electron chi connectivity index (χ3n) is 4.41. The molecule has 0 amide bonds. The first-order chi connectivity index (χ1) is 12.3. The highest BCUT2D eigenvalue weighted by molar-refractivity contribution is 5.68. The van der Waals surface area contributed by atoms with Gasteiger partial charge in [-0.15, -0.1) is 0 Å². The molecule has 5 heteroatoms. The Balaban J connectivity index is 1.68. The molecule has 0 N–H and O–H groups in total. The molecule has 126 valence electrons. The first-order valence-corrected chi connectivity index (χ1v) is 8.47. The van der Waals surface area contributed by atoms with Gasteiger partial charge in [-0.05, 0) is 61.1 Å². The molecule has 0 unspecified atom stereocenters. The summed E-state index contributed by atoms with van der Waals surface area (Å²) < 4.78 is 19.1. The van der Waals surface area contributed by atoms with Crippen LogP contribution in [0.15, 0.2) is 48.8 Å². The van der Waals surface area contributed by atoms with Crippen LogP contribution in [-0.2, 0) is 19.4 Å². The maximum absolute atomic E-state index is 13.2. The molecule has 25 heavy (non-hydrogen) atoms. The lowest BCUT2D eigenvalue weighted by atomic mass is 9.90. The van der Waals surface area contributed by atoms with E-state index in [9.17, 15) is 4.39 Å². The summed E-state index contributed by atoms with van der Waals surface area (Å²) in [7, 11) is 0. The van der Waals surface area contributed by atoms with E-state index in [0.29, 0.717) is 12.5 Å². The number of hydrogen-bond acceptors (Lipinski definition) is 4. The van der Waals surface area contributed by atoms with Crippen molar-refractivity contribution in [1.82, 2.24) is 15.0 Å². The van der Waals surface area contributed by atoms with Crippen molar-refractivity contribution in [3.8, 4) is 17.0 Å². The number of nitrogens with zero attached hydrogens (tertiary/aromatic N) is 3. The Morgan fingerprint density at radius 3 is 2.76 bits per heavy atom. The molecule has 0 aromatic carbocycles. The van der Waals surface area contributed by atoms with Gasteiger partial charge >= 0.3 is 0 Å². The minimum Gasteiger partial charge on any atom is -0.471 e.